The van der Waals surface area contributed by atoms with Crippen LogP contribution in [0.4, 0.5) is 22.0 Å². The Morgan fingerprint density at radius 2 is 1.53 bits per heavy atom. The molecule has 1 nitrogen and oxygen atoms in total. The van der Waals surface area contributed by atoms with Gasteiger partial charge in [-0.3, -0.25) is 0 Å². The molecule has 0 aromatic heterocycles. The molecule has 1 rings (SSSR count). The maximum absolute atomic E-state index is 12.9. The molecule has 0 aliphatic rings. The molecule has 0 aliphatic heterocycles. The molecule has 0 saturated carbocycles. The lowest BCUT2D eigenvalue weighted by molar-refractivity contribution is -0.289. The Labute approximate surface area is 94.9 Å². The van der Waals surface area contributed by atoms with E-state index in [4.69, 9.17) is 5.11 Å². The van der Waals surface area contributed by atoms with Gasteiger partial charge in [0.25, 0.3) is 0 Å². The molecule has 0 radical (unpaired) electrons. The van der Waals surface area contributed by atoms with Crippen molar-refractivity contribution in [1.82, 2.24) is 0 Å². The quantitative estimate of drug-likeness (QED) is 0.821. The number of alkyl halides is 5. The second-order valence-corrected chi connectivity index (χ2v) is 3.82. The van der Waals surface area contributed by atoms with E-state index in [1.807, 2.05) is 0 Å². The molecule has 0 amide bonds. The highest BCUT2D eigenvalue weighted by Gasteiger charge is 2.58. The lowest BCUT2D eigenvalue weighted by Crippen LogP contribution is -2.33. The molecule has 0 saturated heterocycles. The van der Waals surface area contributed by atoms with Gasteiger partial charge in [0.05, 0.1) is 6.10 Å². The minimum atomic E-state index is -5.60. The van der Waals surface area contributed by atoms with E-state index >= 15 is 0 Å². The summed E-state index contributed by atoms with van der Waals surface area (Å²) in [6, 6.07) is 3.76. The van der Waals surface area contributed by atoms with E-state index in [1.165, 1.54) is 6.92 Å². The Bertz CT molecular complexity index is 366. The van der Waals surface area contributed by atoms with Crippen LogP contribution in [0.1, 0.15) is 18.1 Å². The zero-order valence-corrected chi connectivity index (χ0v) is 8.93. The fraction of sp³-hybridized carbons (Fsp3) is 0.455. The van der Waals surface area contributed by atoms with Gasteiger partial charge in [-0.1, -0.05) is 24.3 Å². The number of hydrogen-bond donors (Lipinski definition) is 1. The summed E-state index contributed by atoms with van der Waals surface area (Å²) in [6.07, 6.45) is -6.07. The fourth-order valence-corrected chi connectivity index (χ4v) is 1.35. The van der Waals surface area contributed by atoms with Gasteiger partial charge in [0.15, 0.2) is 0 Å². The van der Waals surface area contributed by atoms with Crippen molar-refractivity contribution in [2.24, 2.45) is 0 Å². The van der Waals surface area contributed by atoms with Gasteiger partial charge in [-0.25, -0.2) is 0 Å². The van der Waals surface area contributed by atoms with E-state index in [0.717, 1.165) is 24.3 Å². The summed E-state index contributed by atoms with van der Waals surface area (Å²) in [6.45, 7) is 1.50. The van der Waals surface area contributed by atoms with Crippen molar-refractivity contribution < 1.29 is 27.1 Å². The van der Waals surface area contributed by atoms with E-state index < -0.39 is 23.8 Å². The summed E-state index contributed by atoms with van der Waals surface area (Å²) >= 11 is 0. The third-order valence-electron chi connectivity index (χ3n) is 2.20. The van der Waals surface area contributed by atoms with Crippen LogP contribution in [0.3, 0.4) is 0 Å². The van der Waals surface area contributed by atoms with Crippen molar-refractivity contribution in [1.29, 1.82) is 0 Å². The molecule has 0 unspecified atom stereocenters. The summed E-state index contributed by atoms with van der Waals surface area (Å²) in [7, 11) is 0. The Morgan fingerprint density at radius 3 is 1.88 bits per heavy atom. The van der Waals surface area contributed by atoms with Gasteiger partial charge in [0.1, 0.15) is 0 Å². The number of benzene rings is 1. The Kier molecular flexibility index (Phi) is 3.76. The van der Waals surface area contributed by atoms with Crippen LogP contribution in [0.2, 0.25) is 0 Å². The molecule has 0 heterocycles. The van der Waals surface area contributed by atoms with Crippen molar-refractivity contribution in [3.8, 4) is 0 Å². The van der Waals surface area contributed by atoms with Gasteiger partial charge in [-0.05, 0) is 18.9 Å². The Hall–Kier alpha value is -1.17. The molecule has 17 heavy (non-hydrogen) atoms. The molecule has 6 heteroatoms. The van der Waals surface area contributed by atoms with Gasteiger partial charge in [0.2, 0.25) is 0 Å². The van der Waals surface area contributed by atoms with Crippen LogP contribution in [0.15, 0.2) is 24.3 Å². The standard InChI is InChI=1S/C11H11F5O/c1-7(17)6-8-2-4-9(5-3-8)10(12,13)11(14,15)16/h2-5,7,17H,6H2,1H3/t7-/m1/s1. The summed E-state index contributed by atoms with van der Waals surface area (Å²) < 4.78 is 61.9. The van der Waals surface area contributed by atoms with Crippen molar-refractivity contribution in [3.63, 3.8) is 0 Å². The third kappa shape index (κ3) is 3.15. The van der Waals surface area contributed by atoms with Crippen molar-refractivity contribution >= 4 is 0 Å². The first-order chi connectivity index (χ1) is 7.64. The van der Waals surface area contributed by atoms with Crippen LogP contribution in [0.25, 0.3) is 0 Å². The molecule has 1 atom stereocenters. The largest absolute Gasteiger partial charge is 0.458 e. The molecule has 0 fully saturated rings. The molecule has 1 N–H and O–H groups in total. The van der Waals surface area contributed by atoms with E-state index in [-0.39, 0.29) is 6.42 Å². The monoisotopic (exact) mass is 254 g/mol. The topological polar surface area (TPSA) is 20.2 Å². The minimum Gasteiger partial charge on any atom is -0.393 e. The van der Waals surface area contributed by atoms with Gasteiger partial charge >= 0.3 is 12.1 Å². The highest BCUT2D eigenvalue weighted by molar-refractivity contribution is 5.27. The lowest BCUT2D eigenvalue weighted by atomic mass is 10.0. The smallest absolute Gasteiger partial charge is 0.393 e. The Morgan fingerprint density at radius 1 is 1.06 bits per heavy atom. The average Bonchev–Trinajstić information content (AvgIpc) is 2.15. The first kappa shape index (κ1) is 13.9. The van der Waals surface area contributed by atoms with E-state index in [1.54, 1.807) is 0 Å². The summed E-state index contributed by atoms with van der Waals surface area (Å²) in [4.78, 5) is 0. The predicted molar refractivity (Wildman–Crippen MR) is 51.8 cm³/mol. The zero-order chi connectivity index (χ0) is 13.3. The summed E-state index contributed by atoms with van der Waals surface area (Å²) in [5.41, 5.74) is -0.596. The van der Waals surface area contributed by atoms with Crippen molar-refractivity contribution in [2.75, 3.05) is 0 Å². The normalized spacial score (nSPS) is 14.8. The second kappa shape index (κ2) is 4.60. The zero-order valence-electron chi connectivity index (χ0n) is 8.93. The van der Waals surface area contributed by atoms with Gasteiger partial charge < -0.3 is 5.11 Å². The van der Waals surface area contributed by atoms with E-state index in [9.17, 15) is 22.0 Å². The maximum atomic E-state index is 12.9. The number of rotatable bonds is 3. The van der Waals surface area contributed by atoms with Crippen molar-refractivity contribution in [2.45, 2.75) is 31.5 Å². The molecule has 1 aromatic rings. The first-order valence-corrected chi connectivity index (χ1v) is 4.86. The van der Waals surface area contributed by atoms with Gasteiger partial charge in [-0.2, -0.15) is 22.0 Å². The molecule has 1 aromatic carbocycles. The lowest BCUT2D eigenvalue weighted by Gasteiger charge is -2.20. The van der Waals surface area contributed by atoms with Crippen LogP contribution in [0.5, 0.6) is 0 Å². The molecular formula is C11H11F5O. The van der Waals surface area contributed by atoms with Crippen LogP contribution >= 0.6 is 0 Å². The van der Waals surface area contributed by atoms with Crippen LogP contribution in [-0.4, -0.2) is 17.4 Å². The molecular weight excluding hydrogens is 243 g/mol. The highest BCUT2D eigenvalue weighted by Crippen LogP contribution is 2.43. The highest BCUT2D eigenvalue weighted by atomic mass is 19.4. The average molecular weight is 254 g/mol. The summed E-state index contributed by atoms with van der Waals surface area (Å²) in [5, 5.41) is 9.04. The first-order valence-electron chi connectivity index (χ1n) is 4.86. The molecule has 0 aliphatic carbocycles. The van der Waals surface area contributed by atoms with E-state index in [2.05, 4.69) is 0 Å². The predicted octanol–water partition coefficient (Wildman–Crippen LogP) is 3.26. The SMILES string of the molecule is C[C@@H](O)Cc1ccc(C(F)(F)C(F)(F)F)cc1. The molecule has 96 valence electrons. The third-order valence-corrected chi connectivity index (χ3v) is 2.20. The fourth-order valence-electron chi connectivity index (χ4n) is 1.35. The molecule has 0 bridgehead atoms. The van der Waals surface area contributed by atoms with Crippen LogP contribution in [-0.2, 0) is 12.3 Å². The van der Waals surface area contributed by atoms with Crippen LogP contribution in [0, 0.1) is 0 Å². The summed E-state index contributed by atoms with van der Waals surface area (Å²) in [5.74, 6) is -4.85. The Balaban J connectivity index is 2.95. The maximum Gasteiger partial charge on any atom is 0.458 e. The second-order valence-electron chi connectivity index (χ2n) is 3.82. The van der Waals surface area contributed by atoms with Crippen molar-refractivity contribution in [3.05, 3.63) is 35.4 Å². The number of aliphatic hydroxyl groups excluding tert-OH is 1. The number of hydrogen-bond acceptors (Lipinski definition) is 1. The number of aliphatic hydroxyl groups is 1. The van der Waals surface area contributed by atoms with E-state index in [0.29, 0.717) is 5.56 Å². The number of halogens is 5. The van der Waals surface area contributed by atoms with Gasteiger partial charge in [-0.15, -0.1) is 0 Å². The van der Waals surface area contributed by atoms with Crippen LogP contribution < -0.4 is 0 Å². The van der Waals surface area contributed by atoms with Gasteiger partial charge in [0, 0.05) is 5.56 Å². The minimum absolute atomic E-state index is 0.206. The molecule has 0 spiro atoms.